The van der Waals surface area contributed by atoms with Gasteiger partial charge in [0.25, 0.3) is 5.91 Å². The number of aromatic nitrogens is 3. The highest BCUT2D eigenvalue weighted by atomic mass is 32.2. The predicted molar refractivity (Wildman–Crippen MR) is 95.7 cm³/mol. The Hall–Kier alpha value is -2.81. The molecule has 0 N–H and O–H groups in total. The van der Waals surface area contributed by atoms with Crippen LogP contribution in [0.3, 0.4) is 0 Å². The lowest BCUT2D eigenvalue weighted by Gasteiger charge is -2.37. The highest BCUT2D eigenvalue weighted by molar-refractivity contribution is 7.89. The van der Waals surface area contributed by atoms with Gasteiger partial charge in [0.2, 0.25) is 10.0 Å². The van der Waals surface area contributed by atoms with Gasteiger partial charge in [-0.1, -0.05) is 5.21 Å². The van der Waals surface area contributed by atoms with Gasteiger partial charge in [-0.15, -0.1) is 5.10 Å². The van der Waals surface area contributed by atoms with Crippen molar-refractivity contribution < 1.29 is 17.9 Å². The van der Waals surface area contributed by atoms with E-state index >= 15 is 0 Å². The quantitative estimate of drug-likeness (QED) is 0.698. The van der Waals surface area contributed by atoms with Gasteiger partial charge in [0.15, 0.2) is 5.69 Å². The Balaban J connectivity index is 1.40. The number of hydrogen-bond donors (Lipinski definition) is 0. The van der Waals surface area contributed by atoms with Gasteiger partial charge in [-0.05, 0) is 24.3 Å². The second-order valence-electron chi connectivity index (χ2n) is 6.60. The van der Waals surface area contributed by atoms with Crippen LogP contribution in [-0.4, -0.2) is 77.9 Å². The van der Waals surface area contributed by atoms with Crippen LogP contribution < -0.4 is 0 Å². The summed E-state index contributed by atoms with van der Waals surface area (Å²) < 4.78 is 33.4. The van der Waals surface area contributed by atoms with Crippen molar-refractivity contribution in [2.75, 3.05) is 39.4 Å². The zero-order valence-corrected chi connectivity index (χ0v) is 15.7. The Morgan fingerprint density at radius 1 is 1.18 bits per heavy atom. The molecule has 0 aliphatic carbocycles. The van der Waals surface area contributed by atoms with Crippen molar-refractivity contribution in [2.45, 2.75) is 10.9 Å². The van der Waals surface area contributed by atoms with Gasteiger partial charge in [-0.3, -0.25) is 4.79 Å². The van der Waals surface area contributed by atoms with Gasteiger partial charge in [0, 0.05) is 26.2 Å². The summed E-state index contributed by atoms with van der Waals surface area (Å²) in [6.45, 7) is 2.54. The van der Waals surface area contributed by atoms with Crippen molar-refractivity contribution >= 4 is 15.9 Å². The summed E-state index contributed by atoms with van der Waals surface area (Å²) >= 11 is 0. The van der Waals surface area contributed by atoms with E-state index in [-0.39, 0.29) is 35.6 Å². The smallest absolute Gasteiger partial charge is 0.276 e. The molecule has 28 heavy (non-hydrogen) atoms. The number of carbonyl (C=O) groups excluding carboxylic acids is 1. The molecule has 1 amide bonds. The summed E-state index contributed by atoms with van der Waals surface area (Å²) in [6, 6.07) is 7.59. The van der Waals surface area contributed by atoms with Crippen molar-refractivity contribution in [2.24, 2.45) is 0 Å². The van der Waals surface area contributed by atoms with Gasteiger partial charge in [-0.25, -0.2) is 13.1 Å². The summed E-state index contributed by atoms with van der Waals surface area (Å²) in [4.78, 5) is 14.2. The van der Waals surface area contributed by atoms with Crippen molar-refractivity contribution in [3.63, 3.8) is 0 Å². The molecule has 2 fully saturated rings. The maximum absolute atomic E-state index is 12.6. The van der Waals surface area contributed by atoms with Crippen LogP contribution in [0, 0.1) is 11.3 Å². The maximum Gasteiger partial charge on any atom is 0.276 e. The molecule has 0 radical (unpaired) electrons. The van der Waals surface area contributed by atoms with E-state index in [4.69, 9.17) is 10.00 Å². The van der Waals surface area contributed by atoms with E-state index in [1.807, 2.05) is 6.07 Å². The third kappa shape index (κ3) is 3.37. The third-order valence-corrected chi connectivity index (χ3v) is 6.70. The van der Waals surface area contributed by atoms with Crippen molar-refractivity contribution in [1.29, 1.82) is 5.26 Å². The normalized spacial score (nSPS) is 18.5. The molecule has 11 heteroatoms. The fourth-order valence-electron chi connectivity index (χ4n) is 3.11. The molecule has 0 spiro atoms. The van der Waals surface area contributed by atoms with E-state index in [1.165, 1.54) is 28.6 Å². The van der Waals surface area contributed by atoms with Crippen LogP contribution in [0.2, 0.25) is 0 Å². The average molecular weight is 402 g/mol. The van der Waals surface area contributed by atoms with Crippen LogP contribution in [0.5, 0.6) is 0 Å². The largest absolute Gasteiger partial charge is 0.378 e. The number of ether oxygens (including phenoxy) is 1. The summed E-state index contributed by atoms with van der Waals surface area (Å²) in [5, 5.41) is 16.8. The molecular weight excluding hydrogens is 384 g/mol. The van der Waals surface area contributed by atoms with Crippen molar-refractivity contribution in [3.8, 4) is 6.07 Å². The van der Waals surface area contributed by atoms with Gasteiger partial charge in [0.1, 0.15) is 0 Å². The van der Waals surface area contributed by atoms with Crippen LogP contribution in [-0.2, 0) is 14.8 Å². The number of rotatable bonds is 4. The zero-order chi connectivity index (χ0) is 19.7. The summed E-state index contributed by atoms with van der Waals surface area (Å²) in [7, 11) is -3.62. The highest BCUT2D eigenvalue weighted by Crippen LogP contribution is 2.28. The first-order valence-corrected chi connectivity index (χ1v) is 10.2. The second kappa shape index (κ2) is 7.31. The molecule has 2 aromatic rings. The number of amides is 1. The summed E-state index contributed by atoms with van der Waals surface area (Å²) in [6.07, 6.45) is 1.56. The topological polar surface area (TPSA) is 121 Å². The number of carbonyl (C=O) groups is 1. The lowest BCUT2D eigenvalue weighted by atomic mass is 10.2. The van der Waals surface area contributed by atoms with Gasteiger partial charge in [0.05, 0.1) is 42.0 Å². The fourth-order valence-corrected chi connectivity index (χ4v) is 4.63. The lowest BCUT2D eigenvalue weighted by Crippen LogP contribution is -2.50. The van der Waals surface area contributed by atoms with Crippen LogP contribution >= 0.6 is 0 Å². The predicted octanol–water partition coefficient (Wildman–Crippen LogP) is -0.132. The van der Waals surface area contributed by atoms with E-state index < -0.39 is 10.0 Å². The zero-order valence-electron chi connectivity index (χ0n) is 14.9. The van der Waals surface area contributed by atoms with Crippen molar-refractivity contribution in [3.05, 3.63) is 41.7 Å². The average Bonchev–Trinajstić information content (AvgIpc) is 3.16. The first-order valence-electron chi connectivity index (χ1n) is 8.78. The molecule has 1 aromatic carbocycles. The van der Waals surface area contributed by atoms with Crippen LogP contribution in [0.4, 0.5) is 0 Å². The number of nitriles is 1. The van der Waals surface area contributed by atoms with Crippen LogP contribution in [0.15, 0.2) is 35.4 Å². The van der Waals surface area contributed by atoms with Gasteiger partial charge < -0.3 is 9.64 Å². The SMILES string of the molecule is N#Cc1ccc(S(=O)(=O)N2CC(n3cc(C(=O)N4CCOCC4)nn3)C2)cc1. The number of nitrogens with zero attached hydrogens (tertiary/aromatic N) is 6. The van der Waals surface area contributed by atoms with Gasteiger partial charge in [-0.2, -0.15) is 9.57 Å². The van der Waals surface area contributed by atoms with E-state index in [0.29, 0.717) is 31.9 Å². The van der Waals surface area contributed by atoms with Crippen LogP contribution in [0.25, 0.3) is 0 Å². The first kappa shape index (κ1) is 18.5. The molecule has 0 unspecified atom stereocenters. The Morgan fingerprint density at radius 3 is 2.50 bits per heavy atom. The lowest BCUT2D eigenvalue weighted by molar-refractivity contribution is 0.0299. The van der Waals surface area contributed by atoms with E-state index in [9.17, 15) is 13.2 Å². The van der Waals surface area contributed by atoms with Crippen molar-refractivity contribution in [1.82, 2.24) is 24.2 Å². The number of benzene rings is 1. The molecule has 0 bridgehead atoms. The first-order chi connectivity index (χ1) is 13.5. The molecule has 10 nitrogen and oxygen atoms in total. The molecule has 2 saturated heterocycles. The molecule has 1 aromatic heterocycles. The third-order valence-electron chi connectivity index (χ3n) is 4.85. The van der Waals surface area contributed by atoms with Gasteiger partial charge >= 0.3 is 0 Å². The number of sulfonamides is 1. The number of hydrogen-bond acceptors (Lipinski definition) is 7. The Morgan fingerprint density at radius 2 is 1.86 bits per heavy atom. The molecular formula is C17H18N6O4S. The summed E-state index contributed by atoms with van der Waals surface area (Å²) in [5.41, 5.74) is 0.649. The minimum atomic E-state index is -3.62. The fraction of sp³-hybridized carbons (Fsp3) is 0.412. The standard InChI is InChI=1S/C17H18N6O4S/c18-9-13-1-3-15(4-2-13)28(25,26)22-10-14(11-22)23-12-16(19-20-23)17(24)21-5-7-27-8-6-21/h1-4,12,14H,5-8,10-11H2. The maximum atomic E-state index is 12.6. The van der Waals surface area contributed by atoms with E-state index in [1.54, 1.807) is 15.8 Å². The van der Waals surface area contributed by atoms with Crippen LogP contribution in [0.1, 0.15) is 22.1 Å². The van der Waals surface area contributed by atoms with E-state index in [0.717, 1.165) is 0 Å². The minimum absolute atomic E-state index is 0.145. The monoisotopic (exact) mass is 402 g/mol. The minimum Gasteiger partial charge on any atom is -0.378 e. The highest BCUT2D eigenvalue weighted by Gasteiger charge is 2.38. The molecule has 3 heterocycles. The summed E-state index contributed by atoms with van der Waals surface area (Å²) in [5.74, 6) is -0.198. The molecule has 146 valence electrons. The molecule has 0 atom stereocenters. The Bertz CT molecular complexity index is 1010. The molecule has 2 aliphatic heterocycles. The Labute approximate surface area is 162 Å². The number of morpholine rings is 1. The Kier molecular flexibility index (Phi) is 4.84. The second-order valence-corrected chi connectivity index (χ2v) is 8.54. The molecule has 4 rings (SSSR count). The van der Waals surface area contributed by atoms with E-state index in [2.05, 4.69) is 10.3 Å². The molecule has 0 saturated carbocycles. The molecule has 2 aliphatic rings.